The monoisotopic (exact) mass is 417 g/mol. The normalized spacial score (nSPS) is 15.0. The van der Waals surface area contributed by atoms with Gasteiger partial charge in [0.05, 0.1) is 20.1 Å². The van der Waals surface area contributed by atoms with E-state index in [1.54, 1.807) is 14.2 Å². The maximum absolute atomic E-state index is 11.7. The third-order valence-corrected chi connectivity index (χ3v) is 5.57. The zero-order chi connectivity index (χ0) is 21.6. The number of nitrogens with one attached hydrogen (secondary N) is 1. The van der Waals surface area contributed by atoms with Crippen LogP contribution in [0.25, 0.3) is 0 Å². The van der Waals surface area contributed by atoms with Crippen molar-refractivity contribution in [2.45, 2.75) is 19.5 Å². The van der Waals surface area contributed by atoms with E-state index in [2.05, 4.69) is 45.5 Å². The van der Waals surface area contributed by atoms with E-state index in [4.69, 9.17) is 9.47 Å². The summed E-state index contributed by atoms with van der Waals surface area (Å²) in [5, 5.41) is 2.81. The summed E-state index contributed by atoms with van der Waals surface area (Å²) in [5.74, 6) is 2.76. The molecule has 0 radical (unpaired) electrons. The number of nitrogens with zero attached hydrogens (tertiary/aromatic N) is 2. The van der Waals surface area contributed by atoms with Gasteiger partial charge in [-0.15, -0.1) is 0 Å². The Morgan fingerprint density at radius 3 is 1.94 bits per heavy atom. The van der Waals surface area contributed by atoms with Crippen molar-refractivity contribution in [3.63, 3.8) is 0 Å². The molecule has 3 aromatic rings. The zero-order valence-electron chi connectivity index (χ0n) is 17.9. The number of aromatic nitrogens is 1. The Morgan fingerprint density at radius 2 is 1.48 bits per heavy atom. The first-order valence-corrected chi connectivity index (χ1v) is 10.4. The van der Waals surface area contributed by atoms with E-state index >= 15 is 0 Å². The number of ether oxygens (including phenoxy) is 2. The molecular formula is C25H27N3O3. The molecule has 1 saturated heterocycles. The van der Waals surface area contributed by atoms with Crippen molar-refractivity contribution in [1.29, 1.82) is 0 Å². The van der Waals surface area contributed by atoms with E-state index in [0.717, 1.165) is 35.8 Å². The highest BCUT2D eigenvalue weighted by Crippen LogP contribution is 2.23. The number of hydrogen-bond donors (Lipinski definition) is 1. The van der Waals surface area contributed by atoms with Gasteiger partial charge in [-0.25, -0.2) is 4.98 Å². The summed E-state index contributed by atoms with van der Waals surface area (Å²) in [4.78, 5) is 18.6. The summed E-state index contributed by atoms with van der Waals surface area (Å²) in [5.41, 5.74) is 3.46. The predicted molar refractivity (Wildman–Crippen MR) is 120 cm³/mol. The van der Waals surface area contributed by atoms with Crippen LogP contribution >= 0.6 is 0 Å². The molecule has 160 valence electrons. The molecule has 6 heteroatoms. The minimum absolute atomic E-state index is 0.0619. The maximum Gasteiger partial charge on any atom is 0.225 e. The van der Waals surface area contributed by atoms with E-state index in [-0.39, 0.29) is 11.8 Å². The number of carbonyl (C=O) groups excluding carboxylic acids is 1. The Kier molecular flexibility index (Phi) is 6.36. The quantitative estimate of drug-likeness (QED) is 0.539. The van der Waals surface area contributed by atoms with Gasteiger partial charge >= 0.3 is 0 Å². The average Bonchev–Trinajstić information content (AvgIpc) is 2.82. The molecule has 31 heavy (non-hydrogen) atoms. The lowest BCUT2D eigenvalue weighted by Crippen LogP contribution is -2.49. The van der Waals surface area contributed by atoms with E-state index in [1.165, 1.54) is 11.1 Å². The second-order valence-corrected chi connectivity index (χ2v) is 7.72. The second-order valence-electron chi connectivity index (χ2n) is 7.72. The van der Waals surface area contributed by atoms with Crippen molar-refractivity contribution in [2.24, 2.45) is 5.92 Å². The van der Waals surface area contributed by atoms with Gasteiger partial charge in [-0.05, 0) is 59.5 Å². The van der Waals surface area contributed by atoms with Crippen LogP contribution in [0.3, 0.4) is 0 Å². The summed E-state index contributed by atoms with van der Waals surface area (Å²) in [7, 11) is 3.34. The summed E-state index contributed by atoms with van der Waals surface area (Å²) in [6.07, 6.45) is 2.57. The summed E-state index contributed by atoms with van der Waals surface area (Å²) in [6.45, 7) is 2.16. The van der Waals surface area contributed by atoms with E-state index in [1.807, 2.05) is 36.5 Å². The third kappa shape index (κ3) is 5.15. The molecule has 1 amide bonds. The van der Waals surface area contributed by atoms with E-state index in [0.29, 0.717) is 13.1 Å². The fourth-order valence-electron chi connectivity index (χ4n) is 3.66. The van der Waals surface area contributed by atoms with Gasteiger partial charge in [0.15, 0.2) is 0 Å². The van der Waals surface area contributed by atoms with Crippen LogP contribution in [0.4, 0.5) is 5.82 Å². The van der Waals surface area contributed by atoms with Crippen molar-refractivity contribution in [3.8, 4) is 11.5 Å². The molecular weight excluding hydrogens is 390 g/mol. The minimum atomic E-state index is 0.0619. The standard InChI is InChI=1S/C25H27N3O3/c1-30-22-7-3-18(4-8-22)16-28(17-19-5-9-23(31-2)10-6-19)24-14-20(11-12-26-24)13-21-15-27-25(21)29/h3-12,14,21H,13,15-17H2,1-2H3,(H,27,29). The Morgan fingerprint density at radius 1 is 0.903 bits per heavy atom. The Balaban J connectivity index is 1.57. The SMILES string of the molecule is COc1ccc(CN(Cc2ccc(OC)cc2)c2cc(CC3CNC3=O)ccn2)cc1. The number of benzene rings is 2. The smallest absolute Gasteiger partial charge is 0.225 e. The number of methoxy groups -OCH3 is 2. The molecule has 1 aliphatic heterocycles. The van der Waals surface area contributed by atoms with Gasteiger partial charge in [0.1, 0.15) is 17.3 Å². The summed E-state index contributed by atoms with van der Waals surface area (Å²) < 4.78 is 10.6. The number of β-lactam (4-membered cyclic amide) rings is 1. The lowest BCUT2D eigenvalue weighted by atomic mass is 9.94. The first-order valence-electron chi connectivity index (χ1n) is 10.4. The molecule has 1 N–H and O–H groups in total. The number of pyridine rings is 1. The molecule has 1 unspecified atom stereocenters. The minimum Gasteiger partial charge on any atom is -0.497 e. The van der Waals surface area contributed by atoms with Gasteiger partial charge in [0.25, 0.3) is 0 Å². The first-order chi connectivity index (χ1) is 15.1. The van der Waals surface area contributed by atoms with Crippen LogP contribution in [0.5, 0.6) is 11.5 Å². The third-order valence-electron chi connectivity index (χ3n) is 5.57. The lowest BCUT2D eigenvalue weighted by molar-refractivity contribution is -0.131. The highest BCUT2D eigenvalue weighted by atomic mass is 16.5. The molecule has 0 aliphatic carbocycles. The van der Waals surface area contributed by atoms with Crippen molar-refractivity contribution in [1.82, 2.24) is 10.3 Å². The van der Waals surface area contributed by atoms with Gasteiger partial charge in [-0.3, -0.25) is 4.79 Å². The number of hydrogen-bond acceptors (Lipinski definition) is 5. The molecule has 1 aromatic heterocycles. The molecule has 2 aromatic carbocycles. The van der Waals surface area contributed by atoms with Crippen LogP contribution in [0, 0.1) is 5.92 Å². The van der Waals surface area contributed by atoms with Crippen LogP contribution in [-0.2, 0) is 24.3 Å². The molecule has 1 aliphatic rings. The molecule has 2 heterocycles. The maximum atomic E-state index is 11.7. The van der Waals surface area contributed by atoms with Crippen LogP contribution in [-0.4, -0.2) is 31.7 Å². The second kappa shape index (κ2) is 9.51. The van der Waals surface area contributed by atoms with Gasteiger partial charge in [-0.2, -0.15) is 0 Å². The average molecular weight is 418 g/mol. The van der Waals surface area contributed by atoms with Crippen LogP contribution in [0.15, 0.2) is 66.9 Å². The number of amides is 1. The molecule has 6 nitrogen and oxygen atoms in total. The van der Waals surface area contributed by atoms with Crippen molar-refractivity contribution in [3.05, 3.63) is 83.6 Å². The van der Waals surface area contributed by atoms with Crippen molar-refractivity contribution < 1.29 is 14.3 Å². The summed E-state index contributed by atoms with van der Waals surface area (Å²) in [6, 6.07) is 20.3. The molecule has 1 fully saturated rings. The lowest BCUT2D eigenvalue weighted by Gasteiger charge is -2.27. The Bertz CT molecular complexity index is 969. The van der Waals surface area contributed by atoms with Crippen molar-refractivity contribution >= 4 is 11.7 Å². The molecule has 0 bridgehead atoms. The van der Waals surface area contributed by atoms with E-state index in [9.17, 15) is 4.79 Å². The van der Waals surface area contributed by atoms with Crippen LogP contribution < -0.4 is 19.7 Å². The molecule has 1 atom stereocenters. The predicted octanol–water partition coefficient (Wildman–Crippen LogP) is 3.59. The molecule has 0 saturated carbocycles. The van der Waals surface area contributed by atoms with Crippen molar-refractivity contribution in [2.75, 3.05) is 25.7 Å². The zero-order valence-corrected chi connectivity index (χ0v) is 17.9. The summed E-state index contributed by atoms with van der Waals surface area (Å²) >= 11 is 0. The number of carbonyl (C=O) groups is 1. The fourth-order valence-corrected chi connectivity index (χ4v) is 3.66. The molecule has 0 spiro atoms. The van der Waals surface area contributed by atoms with Gasteiger partial charge in [0.2, 0.25) is 5.91 Å². The Hall–Kier alpha value is -3.54. The highest BCUT2D eigenvalue weighted by molar-refractivity contribution is 5.84. The largest absolute Gasteiger partial charge is 0.497 e. The van der Waals surface area contributed by atoms with Gasteiger partial charge < -0.3 is 19.7 Å². The van der Waals surface area contributed by atoms with E-state index < -0.39 is 0 Å². The number of anilines is 1. The van der Waals surface area contributed by atoms with Crippen LogP contribution in [0.1, 0.15) is 16.7 Å². The Labute approximate surface area is 182 Å². The highest BCUT2D eigenvalue weighted by Gasteiger charge is 2.27. The molecule has 4 rings (SSSR count). The van der Waals surface area contributed by atoms with Crippen LogP contribution in [0.2, 0.25) is 0 Å². The number of rotatable bonds is 9. The first kappa shape index (κ1) is 20.7. The fraction of sp³-hybridized carbons (Fsp3) is 0.280. The van der Waals surface area contributed by atoms with Gasteiger partial charge in [-0.1, -0.05) is 24.3 Å². The topological polar surface area (TPSA) is 63.7 Å². The van der Waals surface area contributed by atoms with Gasteiger partial charge in [0, 0.05) is 25.8 Å².